The predicted molar refractivity (Wildman–Crippen MR) is 146 cm³/mol. The summed E-state index contributed by atoms with van der Waals surface area (Å²) in [5.74, 6) is -1.91. The molecule has 37 heavy (non-hydrogen) atoms. The Hall–Kier alpha value is -3.86. The van der Waals surface area contributed by atoms with Crippen molar-refractivity contribution in [3.63, 3.8) is 0 Å². The maximum Gasteiger partial charge on any atom is 0.320 e. The molecule has 0 spiro atoms. The molecule has 1 fully saturated rings. The second kappa shape index (κ2) is 12.4. The lowest BCUT2D eigenvalue weighted by molar-refractivity contribution is -0.134. The molecule has 1 aliphatic rings. The number of piperidine rings is 1. The lowest BCUT2D eigenvalue weighted by atomic mass is 10.1. The molecule has 10 nitrogen and oxygen atoms in total. The van der Waals surface area contributed by atoms with Gasteiger partial charge < -0.3 is 15.6 Å². The number of hydrogen-bond acceptors (Lipinski definition) is 7. The van der Waals surface area contributed by atoms with Gasteiger partial charge in [-0.25, -0.2) is 8.42 Å². The van der Waals surface area contributed by atoms with Crippen LogP contribution in [0.15, 0.2) is 59.2 Å². The number of aliphatic carboxylic acids is 1. The Balaban J connectivity index is 1.79. The van der Waals surface area contributed by atoms with Gasteiger partial charge in [0.25, 0.3) is 0 Å². The summed E-state index contributed by atoms with van der Waals surface area (Å²) in [6.45, 7) is 5.20. The quantitative estimate of drug-likeness (QED) is 0.300. The van der Waals surface area contributed by atoms with Gasteiger partial charge in [-0.1, -0.05) is 29.8 Å². The van der Waals surface area contributed by atoms with E-state index >= 15 is 0 Å². The third-order valence-corrected chi connectivity index (χ3v) is 7.39. The molecule has 4 N–H and O–H groups in total. The van der Waals surface area contributed by atoms with E-state index in [9.17, 15) is 18.3 Å². The summed E-state index contributed by atoms with van der Waals surface area (Å²) < 4.78 is 33.1. The first kappa shape index (κ1) is 27.7. The van der Waals surface area contributed by atoms with Gasteiger partial charge in [0, 0.05) is 37.7 Å². The molecular weight excluding hydrogens is 494 g/mol. The van der Waals surface area contributed by atoms with Crippen LogP contribution >= 0.6 is 0 Å². The molecular formula is C26H33N5O5S. The van der Waals surface area contributed by atoms with Gasteiger partial charge in [-0.2, -0.15) is 5.10 Å². The van der Waals surface area contributed by atoms with Crippen LogP contribution in [0.3, 0.4) is 0 Å². The Morgan fingerprint density at radius 2 is 1.92 bits per heavy atom. The number of anilines is 1. The van der Waals surface area contributed by atoms with Crippen LogP contribution in [0, 0.1) is 5.41 Å². The smallest absolute Gasteiger partial charge is 0.320 e. The van der Waals surface area contributed by atoms with Crippen LogP contribution in [-0.2, 0) is 14.8 Å². The Morgan fingerprint density at radius 3 is 2.51 bits per heavy atom. The van der Waals surface area contributed by atoms with E-state index in [-0.39, 0.29) is 18.5 Å². The molecule has 198 valence electrons. The van der Waals surface area contributed by atoms with Crippen LogP contribution in [0.2, 0.25) is 0 Å². The summed E-state index contributed by atoms with van der Waals surface area (Å²) in [7, 11) is -4.16. The van der Waals surface area contributed by atoms with E-state index in [4.69, 9.17) is 15.9 Å². The Morgan fingerprint density at radius 1 is 1.24 bits per heavy atom. The van der Waals surface area contributed by atoms with Gasteiger partial charge in [-0.3, -0.25) is 19.5 Å². The van der Waals surface area contributed by atoms with Crippen molar-refractivity contribution in [1.82, 2.24) is 5.01 Å². The van der Waals surface area contributed by atoms with Crippen molar-refractivity contribution in [2.75, 3.05) is 29.7 Å². The molecule has 0 atom stereocenters. The van der Waals surface area contributed by atoms with E-state index < -0.39 is 21.7 Å². The first-order chi connectivity index (χ1) is 17.6. The number of nitrogens with one attached hydrogen (secondary N) is 1. The molecule has 1 heterocycles. The predicted octanol–water partition coefficient (Wildman–Crippen LogP) is 3.14. The van der Waals surface area contributed by atoms with Crippen molar-refractivity contribution in [2.45, 2.75) is 32.8 Å². The number of amidine groups is 1. The average Bonchev–Trinajstić information content (AvgIpc) is 2.84. The first-order valence-corrected chi connectivity index (χ1v) is 13.5. The van der Waals surface area contributed by atoms with Gasteiger partial charge in [0.2, 0.25) is 10.0 Å². The van der Waals surface area contributed by atoms with Gasteiger partial charge in [0.05, 0.1) is 12.2 Å². The van der Waals surface area contributed by atoms with Crippen LogP contribution in [-0.4, -0.2) is 68.0 Å². The van der Waals surface area contributed by atoms with Crippen molar-refractivity contribution in [3.05, 3.63) is 65.2 Å². The molecule has 0 unspecified atom stereocenters. The number of rotatable bonds is 11. The van der Waals surface area contributed by atoms with Crippen molar-refractivity contribution in [3.8, 4) is 5.75 Å². The number of sulfonamides is 1. The number of nitrogens with zero attached hydrogens (tertiary/aromatic N) is 3. The molecule has 0 aliphatic carbocycles. The third-order valence-electron chi connectivity index (χ3n) is 5.77. The monoisotopic (exact) mass is 527 g/mol. The summed E-state index contributed by atoms with van der Waals surface area (Å²) in [6.07, 6.45) is 5.24. The van der Waals surface area contributed by atoms with Gasteiger partial charge in [0.15, 0.2) is 5.75 Å². The summed E-state index contributed by atoms with van der Waals surface area (Å²) in [4.78, 5) is 11.3. The lowest BCUT2D eigenvalue weighted by Crippen LogP contribution is -2.36. The fraction of sp³-hybridized carbons (Fsp3) is 0.346. The highest BCUT2D eigenvalue weighted by molar-refractivity contribution is 7.93. The zero-order valence-corrected chi connectivity index (χ0v) is 21.8. The number of carbonyl (C=O) groups is 1. The largest absolute Gasteiger partial charge is 0.490 e. The SMILES string of the molecule is C/C=N/N1CCC(Oc2ccc(N(C/C(C)=C/c3cccc(C(=N)N)c3)S(=O)(=O)CC(=O)O)cc2)CC1. The zero-order valence-electron chi connectivity index (χ0n) is 21.0. The number of benzene rings is 2. The van der Waals surface area contributed by atoms with Gasteiger partial charge in [-0.15, -0.1) is 0 Å². The molecule has 0 aromatic heterocycles. The Labute approximate surface area is 217 Å². The molecule has 3 rings (SSSR count). The molecule has 0 bridgehead atoms. The summed E-state index contributed by atoms with van der Waals surface area (Å²) in [5, 5.41) is 23.1. The van der Waals surface area contributed by atoms with Crippen LogP contribution in [0.1, 0.15) is 37.8 Å². The number of carboxylic acids is 1. The number of hydrogen-bond donors (Lipinski definition) is 3. The Bertz CT molecular complexity index is 1270. The number of hydrazone groups is 1. The van der Waals surface area contributed by atoms with Crippen molar-refractivity contribution < 1.29 is 23.1 Å². The standard InChI is InChI=1S/C26H33N5O5S/c1-3-29-30-13-11-24(12-14-30)36-23-9-7-22(8-10-23)31(37(34,35)18-25(32)33)17-19(2)15-20-5-4-6-21(16-20)26(27)28/h3-10,15-16,24H,11-14,17-18H2,1-2H3,(H3,27,28)(H,32,33)/b19-15+,29-3+. The first-order valence-electron chi connectivity index (χ1n) is 11.9. The lowest BCUT2D eigenvalue weighted by Gasteiger charge is -2.30. The number of carboxylic acid groups (broad SMARTS) is 1. The highest BCUT2D eigenvalue weighted by Gasteiger charge is 2.26. The molecule has 11 heteroatoms. The second-order valence-electron chi connectivity index (χ2n) is 8.82. The summed E-state index contributed by atoms with van der Waals surface area (Å²) in [6, 6.07) is 13.7. The van der Waals surface area contributed by atoms with E-state index in [2.05, 4.69) is 5.10 Å². The molecule has 1 aliphatic heterocycles. The van der Waals surface area contributed by atoms with Crippen molar-refractivity contribution in [2.24, 2.45) is 10.8 Å². The number of ether oxygens (including phenoxy) is 1. The minimum Gasteiger partial charge on any atom is -0.490 e. The van der Waals surface area contributed by atoms with E-state index in [1.807, 2.05) is 18.0 Å². The highest BCUT2D eigenvalue weighted by Crippen LogP contribution is 2.26. The average molecular weight is 528 g/mol. The molecule has 2 aromatic rings. The van der Waals surface area contributed by atoms with Crippen LogP contribution in [0.4, 0.5) is 5.69 Å². The van der Waals surface area contributed by atoms with Gasteiger partial charge in [0.1, 0.15) is 17.7 Å². The molecule has 0 amide bonds. The van der Waals surface area contributed by atoms with Crippen molar-refractivity contribution >= 4 is 39.8 Å². The number of nitrogen functional groups attached to an aromatic ring is 1. The van der Waals surface area contributed by atoms with Crippen LogP contribution in [0.5, 0.6) is 5.75 Å². The maximum atomic E-state index is 13.0. The second-order valence-corrected chi connectivity index (χ2v) is 10.7. The molecule has 0 saturated carbocycles. The van der Waals surface area contributed by atoms with Crippen LogP contribution in [0.25, 0.3) is 6.08 Å². The van der Waals surface area contributed by atoms with E-state index in [0.29, 0.717) is 22.6 Å². The fourth-order valence-corrected chi connectivity index (χ4v) is 5.37. The summed E-state index contributed by atoms with van der Waals surface area (Å²) in [5.41, 5.74) is 7.88. The van der Waals surface area contributed by atoms with Crippen LogP contribution < -0.4 is 14.8 Å². The molecule has 1 saturated heterocycles. The van der Waals surface area contributed by atoms with E-state index in [1.165, 1.54) is 0 Å². The Kier molecular flexibility index (Phi) is 9.29. The minimum atomic E-state index is -4.16. The topological polar surface area (TPSA) is 149 Å². The summed E-state index contributed by atoms with van der Waals surface area (Å²) >= 11 is 0. The highest BCUT2D eigenvalue weighted by atomic mass is 32.2. The van der Waals surface area contributed by atoms with E-state index in [0.717, 1.165) is 35.8 Å². The van der Waals surface area contributed by atoms with Gasteiger partial charge >= 0.3 is 5.97 Å². The maximum absolute atomic E-state index is 13.0. The fourth-order valence-electron chi connectivity index (χ4n) is 4.06. The number of nitrogens with two attached hydrogens (primary N) is 1. The normalized spacial score (nSPS) is 15.1. The molecule has 2 aromatic carbocycles. The van der Waals surface area contributed by atoms with Gasteiger partial charge in [-0.05, 0) is 49.7 Å². The van der Waals surface area contributed by atoms with Crippen molar-refractivity contribution in [1.29, 1.82) is 5.41 Å². The third kappa shape index (κ3) is 8.07. The van der Waals surface area contributed by atoms with E-state index in [1.54, 1.807) is 61.7 Å². The minimum absolute atomic E-state index is 0.0388. The zero-order chi connectivity index (χ0) is 27.0. The molecule has 0 radical (unpaired) electrons.